The maximum absolute atomic E-state index is 10.9. The maximum atomic E-state index is 10.9. The molecule has 0 bridgehead atoms. The molecule has 0 saturated heterocycles. The van der Waals surface area contributed by atoms with Crippen molar-refractivity contribution in [3.8, 4) is 5.75 Å². The van der Waals surface area contributed by atoms with Crippen LogP contribution in [0.3, 0.4) is 0 Å². The van der Waals surface area contributed by atoms with E-state index in [1.807, 2.05) is 12.1 Å². The normalized spacial score (nSPS) is 22.0. The van der Waals surface area contributed by atoms with Gasteiger partial charge >= 0.3 is 5.97 Å². The molecule has 116 valence electrons. The third kappa shape index (κ3) is 5.05. The van der Waals surface area contributed by atoms with Gasteiger partial charge in [0.05, 0.1) is 12.5 Å². The van der Waals surface area contributed by atoms with Crippen molar-refractivity contribution in [1.29, 1.82) is 0 Å². The molecule has 0 unspecified atom stereocenters. The second-order valence-electron chi connectivity index (χ2n) is 5.76. The molecule has 1 aromatic carbocycles. The quantitative estimate of drug-likeness (QED) is 0.810. The fraction of sp³-hybridized carbons (Fsp3) is 0.588. The molecule has 0 radical (unpaired) electrons. The number of carbonyl (C=O) groups is 1. The Morgan fingerprint density at radius 2 is 2.10 bits per heavy atom. The standard InChI is InChI=1S/C17H25NO3/c1-2-10-21-16-5-3-4-13(11-16)12-18-15-8-6-14(7-9-15)17(19)20/h3-5,11,14-15,18H,2,6-10,12H2,1H3,(H,19,20). The lowest BCUT2D eigenvalue weighted by Crippen LogP contribution is -2.34. The Bertz CT molecular complexity index is 453. The van der Waals surface area contributed by atoms with Gasteiger partial charge in [0.1, 0.15) is 5.75 Å². The molecular formula is C17H25NO3. The lowest BCUT2D eigenvalue weighted by atomic mass is 9.86. The van der Waals surface area contributed by atoms with Crippen LogP contribution in [0.4, 0.5) is 0 Å². The van der Waals surface area contributed by atoms with Crippen molar-refractivity contribution in [2.45, 2.75) is 51.6 Å². The zero-order chi connectivity index (χ0) is 15.1. The third-order valence-electron chi connectivity index (χ3n) is 4.04. The summed E-state index contributed by atoms with van der Waals surface area (Å²) < 4.78 is 5.64. The molecule has 2 N–H and O–H groups in total. The van der Waals surface area contributed by atoms with Crippen LogP contribution in [-0.2, 0) is 11.3 Å². The van der Waals surface area contributed by atoms with Gasteiger partial charge in [0.15, 0.2) is 0 Å². The Morgan fingerprint density at radius 1 is 1.33 bits per heavy atom. The van der Waals surface area contributed by atoms with Crippen LogP contribution in [0.25, 0.3) is 0 Å². The van der Waals surface area contributed by atoms with Gasteiger partial charge in [0.25, 0.3) is 0 Å². The van der Waals surface area contributed by atoms with Gasteiger partial charge in [-0.1, -0.05) is 19.1 Å². The average Bonchev–Trinajstić information content (AvgIpc) is 2.52. The van der Waals surface area contributed by atoms with Crippen LogP contribution >= 0.6 is 0 Å². The number of carboxylic acids is 1. The highest BCUT2D eigenvalue weighted by atomic mass is 16.5. The summed E-state index contributed by atoms with van der Waals surface area (Å²) in [6, 6.07) is 8.60. The van der Waals surface area contributed by atoms with Crippen molar-refractivity contribution in [2.24, 2.45) is 5.92 Å². The summed E-state index contributed by atoms with van der Waals surface area (Å²) in [6.45, 7) is 3.65. The maximum Gasteiger partial charge on any atom is 0.306 e. The van der Waals surface area contributed by atoms with E-state index in [0.29, 0.717) is 6.04 Å². The van der Waals surface area contributed by atoms with E-state index in [1.165, 1.54) is 5.56 Å². The molecule has 4 heteroatoms. The first kappa shape index (κ1) is 15.8. The molecule has 1 saturated carbocycles. The highest BCUT2D eigenvalue weighted by Gasteiger charge is 2.25. The van der Waals surface area contributed by atoms with Crippen LogP contribution in [0, 0.1) is 5.92 Å². The Labute approximate surface area is 126 Å². The topological polar surface area (TPSA) is 58.6 Å². The summed E-state index contributed by atoms with van der Waals surface area (Å²) >= 11 is 0. The highest BCUT2D eigenvalue weighted by Crippen LogP contribution is 2.24. The largest absolute Gasteiger partial charge is 0.494 e. The molecular weight excluding hydrogens is 266 g/mol. The van der Waals surface area contributed by atoms with Crippen molar-refractivity contribution in [1.82, 2.24) is 5.32 Å². The summed E-state index contributed by atoms with van der Waals surface area (Å²) in [4.78, 5) is 10.9. The number of hydrogen-bond acceptors (Lipinski definition) is 3. The number of benzene rings is 1. The van der Waals surface area contributed by atoms with Gasteiger partial charge in [-0.2, -0.15) is 0 Å². The predicted octanol–water partition coefficient (Wildman–Crippen LogP) is 3.21. The van der Waals surface area contributed by atoms with Crippen molar-refractivity contribution >= 4 is 5.97 Å². The van der Waals surface area contributed by atoms with Crippen LogP contribution in [-0.4, -0.2) is 23.7 Å². The summed E-state index contributed by atoms with van der Waals surface area (Å²) in [7, 11) is 0. The van der Waals surface area contributed by atoms with Crippen molar-refractivity contribution in [3.05, 3.63) is 29.8 Å². The SMILES string of the molecule is CCCOc1cccc(CNC2CCC(C(=O)O)CC2)c1. The summed E-state index contributed by atoms with van der Waals surface area (Å²) in [5.41, 5.74) is 1.21. The van der Waals surface area contributed by atoms with Gasteiger partial charge in [-0.15, -0.1) is 0 Å². The molecule has 21 heavy (non-hydrogen) atoms. The van der Waals surface area contributed by atoms with Gasteiger partial charge in [-0.25, -0.2) is 0 Å². The molecule has 0 aromatic heterocycles. The van der Waals surface area contributed by atoms with Crippen molar-refractivity contribution < 1.29 is 14.6 Å². The number of carboxylic acid groups (broad SMARTS) is 1. The second kappa shape index (κ2) is 8.03. The first-order valence-corrected chi connectivity index (χ1v) is 7.87. The van der Waals surface area contributed by atoms with Crippen LogP contribution in [0.15, 0.2) is 24.3 Å². The molecule has 1 aromatic rings. The van der Waals surface area contributed by atoms with Gasteiger partial charge in [0.2, 0.25) is 0 Å². The minimum absolute atomic E-state index is 0.145. The van der Waals surface area contributed by atoms with Gasteiger partial charge in [0, 0.05) is 12.6 Å². The molecule has 1 aliphatic rings. The fourth-order valence-electron chi connectivity index (χ4n) is 2.77. The molecule has 4 nitrogen and oxygen atoms in total. The first-order valence-electron chi connectivity index (χ1n) is 7.87. The van der Waals surface area contributed by atoms with E-state index in [9.17, 15) is 4.79 Å². The van der Waals surface area contributed by atoms with Gasteiger partial charge in [-0.05, 0) is 49.8 Å². The number of aliphatic carboxylic acids is 1. The fourth-order valence-corrected chi connectivity index (χ4v) is 2.77. The van der Waals surface area contributed by atoms with Gasteiger partial charge < -0.3 is 15.2 Å². The first-order chi connectivity index (χ1) is 10.2. The number of ether oxygens (including phenoxy) is 1. The lowest BCUT2D eigenvalue weighted by molar-refractivity contribution is -0.142. The van der Waals surface area contributed by atoms with Crippen molar-refractivity contribution in [3.63, 3.8) is 0 Å². The molecule has 0 amide bonds. The molecule has 2 rings (SSSR count). The number of hydrogen-bond donors (Lipinski definition) is 2. The van der Waals surface area contributed by atoms with E-state index in [-0.39, 0.29) is 5.92 Å². The monoisotopic (exact) mass is 291 g/mol. The second-order valence-corrected chi connectivity index (χ2v) is 5.76. The average molecular weight is 291 g/mol. The van der Waals surface area contributed by atoms with Crippen LogP contribution in [0.5, 0.6) is 5.75 Å². The van der Waals surface area contributed by atoms with E-state index in [0.717, 1.165) is 51.0 Å². The molecule has 0 heterocycles. The molecule has 1 fully saturated rings. The minimum atomic E-state index is -0.644. The highest BCUT2D eigenvalue weighted by molar-refractivity contribution is 5.70. The smallest absolute Gasteiger partial charge is 0.306 e. The zero-order valence-corrected chi connectivity index (χ0v) is 12.7. The number of nitrogens with one attached hydrogen (secondary N) is 1. The Hall–Kier alpha value is -1.55. The van der Waals surface area contributed by atoms with E-state index in [1.54, 1.807) is 0 Å². The molecule has 1 aliphatic carbocycles. The summed E-state index contributed by atoms with van der Waals surface area (Å²) in [5, 5.41) is 12.5. The van der Waals surface area contributed by atoms with E-state index < -0.39 is 5.97 Å². The molecule has 0 aliphatic heterocycles. The molecule has 0 spiro atoms. The Balaban J connectivity index is 1.77. The van der Waals surface area contributed by atoms with E-state index >= 15 is 0 Å². The van der Waals surface area contributed by atoms with Crippen LogP contribution < -0.4 is 10.1 Å². The summed E-state index contributed by atoms with van der Waals surface area (Å²) in [5.74, 6) is 0.133. The zero-order valence-electron chi connectivity index (χ0n) is 12.7. The minimum Gasteiger partial charge on any atom is -0.494 e. The summed E-state index contributed by atoms with van der Waals surface area (Å²) in [6.07, 6.45) is 4.47. The Morgan fingerprint density at radius 3 is 2.76 bits per heavy atom. The van der Waals surface area contributed by atoms with E-state index in [4.69, 9.17) is 9.84 Å². The predicted molar refractivity (Wildman–Crippen MR) is 82.4 cm³/mol. The van der Waals surface area contributed by atoms with Gasteiger partial charge in [-0.3, -0.25) is 4.79 Å². The molecule has 0 atom stereocenters. The van der Waals surface area contributed by atoms with Crippen LogP contribution in [0.1, 0.15) is 44.6 Å². The lowest BCUT2D eigenvalue weighted by Gasteiger charge is -2.27. The van der Waals surface area contributed by atoms with E-state index in [2.05, 4.69) is 24.4 Å². The number of rotatable bonds is 7. The third-order valence-corrected chi connectivity index (χ3v) is 4.04. The van der Waals surface area contributed by atoms with Crippen molar-refractivity contribution in [2.75, 3.05) is 6.61 Å². The Kier molecular flexibility index (Phi) is 6.05. The van der Waals surface area contributed by atoms with Crippen LogP contribution in [0.2, 0.25) is 0 Å².